The molecule has 116 valence electrons. The summed E-state index contributed by atoms with van der Waals surface area (Å²) in [6.07, 6.45) is 2.71. The van der Waals surface area contributed by atoms with Crippen LogP contribution in [0.15, 0.2) is 0 Å². The maximum atomic E-state index is 11.8. The minimum absolute atomic E-state index is 0.165. The van der Waals surface area contributed by atoms with Crippen LogP contribution in [-0.4, -0.2) is 86.2 Å². The summed E-state index contributed by atoms with van der Waals surface area (Å²) in [7, 11) is 4.24. The molecule has 0 radical (unpaired) electrons. The van der Waals surface area contributed by atoms with E-state index in [2.05, 4.69) is 23.9 Å². The second-order valence-corrected chi connectivity index (χ2v) is 6.30. The van der Waals surface area contributed by atoms with Crippen LogP contribution in [0.3, 0.4) is 0 Å². The lowest BCUT2D eigenvalue weighted by Gasteiger charge is -2.51. The van der Waals surface area contributed by atoms with E-state index in [9.17, 15) is 4.79 Å². The van der Waals surface area contributed by atoms with E-state index in [1.807, 2.05) is 11.8 Å². The van der Waals surface area contributed by atoms with Crippen LogP contribution in [-0.2, 0) is 9.53 Å². The Morgan fingerprint density at radius 3 is 2.55 bits per heavy atom. The summed E-state index contributed by atoms with van der Waals surface area (Å²) in [4.78, 5) is 18.7. The maximum Gasteiger partial charge on any atom is 0.222 e. The number of likely N-dealkylation sites (N-methyl/N-ethyl adjacent to an activating group) is 1. The number of hydrogen-bond acceptors (Lipinski definition) is 4. The molecule has 0 saturated carbocycles. The average Bonchev–Trinajstić information content (AvgIpc) is 2.46. The standard InChI is InChI=1S/C15H29N3O2/c1-4-14(19)17-7-5-15(6-8-17)13-20-12-11-18(15)10-9-16(2)3/h4-13H2,1-3H3. The maximum absolute atomic E-state index is 11.8. The number of rotatable bonds is 4. The number of hydrogen-bond donors (Lipinski definition) is 0. The molecular formula is C15H29N3O2. The Balaban J connectivity index is 1.95. The van der Waals surface area contributed by atoms with E-state index in [-0.39, 0.29) is 11.4 Å². The van der Waals surface area contributed by atoms with Crippen molar-refractivity contribution in [1.82, 2.24) is 14.7 Å². The Bertz CT molecular complexity index is 325. The smallest absolute Gasteiger partial charge is 0.222 e. The second-order valence-electron chi connectivity index (χ2n) is 6.30. The molecule has 1 amide bonds. The molecule has 2 fully saturated rings. The summed E-state index contributed by atoms with van der Waals surface area (Å²) >= 11 is 0. The Kier molecular flexibility index (Phi) is 5.41. The van der Waals surface area contributed by atoms with Crippen molar-refractivity contribution in [2.45, 2.75) is 31.7 Å². The molecule has 20 heavy (non-hydrogen) atoms. The van der Waals surface area contributed by atoms with E-state index in [1.54, 1.807) is 0 Å². The van der Waals surface area contributed by atoms with E-state index in [4.69, 9.17) is 4.74 Å². The number of amides is 1. The van der Waals surface area contributed by atoms with Gasteiger partial charge in [0, 0.05) is 44.7 Å². The first-order chi connectivity index (χ1) is 9.57. The third-order valence-electron chi connectivity index (χ3n) is 4.71. The van der Waals surface area contributed by atoms with Crippen molar-refractivity contribution in [2.75, 3.05) is 60.0 Å². The van der Waals surface area contributed by atoms with Gasteiger partial charge in [0.2, 0.25) is 5.91 Å². The molecule has 2 saturated heterocycles. The van der Waals surface area contributed by atoms with Gasteiger partial charge in [0.1, 0.15) is 0 Å². The first-order valence-corrected chi connectivity index (χ1v) is 7.83. The quantitative estimate of drug-likeness (QED) is 0.759. The Hall–Kier alpha value is -0.650. The first-order valence-electron chi connectivity index (χ1n) is 7.83. The number of nitrogens with zero attached hydrogens (tertiary/aromatic N) is 3. The lowest BCUT2D eigenvalue weighted by molar-refractivity contribution is -0.138. The van der Waals surface area contributed by atoms with Gasteiger partial charge in [-0.25, -0.2) is 0 Å². The highest BCUT2D eigenvalue weighted by Gasteiger charge is 2.42. The molecule has 0 unspecified atom stereocenters. The second kappa shape index (κ2) is 6.87. The molecule has 0 aliphatic carbocycles. The van der Waals surface area contributed by atoms with Crippen LogP contribution >= 0.6 is 0 Å². The first kappa shape index (κ1) is 15.7. The molecule has 0 N–H and O–H groups in total. The Morgan fingerprint density at radius 1 is 1.25 bits per heavy atom. The summed E-state index contributed by atoms with van der Waals surface area (Å²) in [5.74, 6) is 0.288. The van der Waals surface area contributed by atoms with Gasteiger partial charge < -0.3 is 14.5 Å². The topological polar surface area (TPSA) is 36.0 Å². The van der Waals surface area contributed by atoms with E-state index in [0.29, 0.717) is 6.42 Å². The Labute approximate surface area is 122 Å². The zero-order chi connectivity index (χ0) is 14.6. The van der Waals surface area contributed by atoms with Gasteiger partial charge in [-0.05, 0) is 26.9 Å². The van der Waals surface area contributed by atoms with Crippen LogP contribution in [0.4, 0.5) is 0 Å². The third kappa shape index (κ3) is 3.51. The van der Waals surface area contributed by atoms with Crippen LogP contribution in [0.5, 0.6) is 0 Å². The molecule has 0 aromatic heterocycles. The van der Waals surface area contributed by atoms with Crippen molar-refractivity contribution < 1.29 is 9.53 Å². The van der Waals surface area contributed by atoms with Crippen LogP contribution in [0.25, 0.3) is 0 Å². The molecule has 0 atom stereocenters. The summed E-state index contributed by atoms with van der Waals surface area (Å²) in [6, 6.07) is 0. The fourth-order valence-electron chi connectivity index (χ4n) is 3.29. The van der Waals surface area contributed by atoms with E-state index < -0.39 is 0 Å². The van der Waals surface area contributed by atoms with Gasteiger partial charge in [-0.2, -0.15) is 0 Å². The zero-order valence-electron chi connectivity index (χ0n) is 13.2. The van der Waals surface area contributed by atoms with Gasteiger partial charge in [-0.15, -0.1) is 0 Å². The number of carbonyl (C=O) groups excluding carboxylic acids is 1. The van der Waals surface area contributed by atoms with Gasteiger partial charge in [0.05, 0.1) is 13.2 Å². The highest BCUT2D eigenvalue weighted by Crippen LogP contribution is 2.31. The molecule has 2 aliphatic heterocycles. The normalized spacial score (nSPS) is 23.5. The van der Waals surface area contributed by atoms with Crippen molar-refractivity contribution in [3.8, 4) is 0 Å². The molecule has 5 nitrogen and oxygen atoms in total. The molecule has 0 aromatic carbocycles. The van der Waals surface area contributed by atoms with Crippen molar-refractivity contribution in [3.05, 3.63) is 0 Å². The van der Waals surface area contributed by atoms with Gasteiger partial charge in [-0.1, -0.05) is 6.92 Å². The predicted octanol–water partition coefficient (Wildman–Crippen LogP) is 0.651. The highest BCUT2D eigenvalue weighted by atomic mass is 16.5. The van der Waals surface area contributed by atoms with Gasteiger partial charge in [0.25, 0.3) is 0 Å². The molecule has 2 rings (SSSR count). The van der Waals surface area contributed by atoms with Gasteiger partial charge in [0.15, 0.2) is 0 Å². The van der Waals surface area contributed by atoms with E-state index in [1.165, 1.54) is 0 Å². The summed E-state index contributed by atoms with van der Waals surface area (Å²) in [6.45, 7) is 8.58. The lowest BCUT2D eigenvalue weighted by Crippen LogP contribution is -2.62. The minimum Gasteiger partial charge on any atom is -0.378 e. The van der Waals surface area contributed by atoms with Crippen LogP contribution in [0.2, 0.25) is 0 Å². The summed E-state index contributed by atoms with van der Waals surface area (Å²) < 4.78 is 5.76. The molecule has 5 heteroatoms. The SMILES string of the molecule is CCC(=O)N1CCC2(CC1)COCCN2CCN(C)C. The largest absolute Gasteiger partial charge is 0.378 e. The number of likely N-dealkylation sites (tertiary alicyclic amines) is 1. The minimum atomic E-state index is 0.165. The summed E-state index contributed by atoms with van der Waals surface area (Å²) in [5.41, 5.74) is 0.165. The van der Waals surface area contributed by atoms with Crippen LogP contribution in [0.1, 0.15) is 26.2 Å². The monoisotopic (exact) mass is 283 g/mol. The van der Waals surface area contributed by atoms with Crippen molar-refractivity contribution in [1.29, 1.82) is 0 Å². The average molecular weight is 283 g/mol. The fourth-order valence-corrected chi connectivity index (χ4v) is 3.29. The van der Waals surface area contributed by atoms with Crippen molar-refractivity contribution in [3.63, 3.8) is 0 Å². The molecule has 0 aromatic rings. The lowest BCUT2D eigenvalue weighted by atomic mass is 9.85. The predicted molar refractivity (Wildman–Crippen MR) is 79.8 cm³/mol. The molecular weight excluding hydrogens is 254 g/mol. The Morgan fingerprint density at radius 2 is 1.95 bits per heavy atom. The van der Waals surface area contributed by atoms with Crippen LogP contribution < -0.4 is 0 Å². The third-order valence-corrected chi connectivity index (χ3v) is 4.71. The number of ether oxygens (including phenoxy) is 1. The van der Waals surface area contributed by atoms with Crippen molar-refractivity contribution in [2.24, 2.45) is 0 Å². The zero-order valence-corrected chi connectivity index (χ0v) is 13.2. The summed E-state index contributed by atoms with van der Waals surface area (Å²) in [5, 5.41) is 0. The van der Waals surface area contributed by atoms with Gasteiger partial charge in [-0.3, -0.25) is 9.69 Å². The van der Waals surface area contributed by atoms with Crippen LogP contribution in [0, 0.1) is 0 Å². The number of morpholine rings is 1. The molecule has 0 bridgehead atoms. The molecule has 1 spiro atoms. The van der Waals surface area contributed by atoms with Gasteiger partial charge >= 0.3 is 0 Å². The number of carbonyl (C=O) groups is 1. The fraction of sp³-hybridized carbons (Fsp3) is 0.933. The molecule has 2 heterocycles. The van der Waals surface area contributed by atoms with Crippen molar-refractivity contribution >= 4 is 5.91 Å². The number of piperidine rings is 1. The van der Waals surface area contributed by atoms with E-state index >= 15 is 0 Å². The van der Waals surface area contributed by atoms with E-state index in [0.717, 1.165) is 58.8 Å². The molecule has 2 aliphatic rings. The highest BCUT2D eigenvalue weighted by molar-refractivity contribution is 5.75.